The molecule has 0 aliphatic carbocycles. The zero-order valence-corrected chi connectivity index (χ0v) is 9.34. The molecule has 5 heteroatoms. The minimum absolute atomic E-state index is 0.0351. The van der Waals surface area contributed by atoms with Crippen LogP contribution in [0.4, 0.5) is 0 Å². The molecule has 0 saturated carbocycles. The largest absolute Gasteiger partial charge is 0.358 e. The molecule has 0 rings (SSSR count). The van der Waals surface area contributed by atoms with Crippen molar-refractivity contribution in [2.45, 2.75) is 27.2 Å². The highest BCUT2D eigenvalue weighted by molar-refractivity contribution is 6.37. The zero-order chi connectivity index (χ0) is 12.2. The van der Waals surface area contributed by atoms with E-state index in [-0.39, 0.29) is 6.42 Å². The van der Waals surface area contributed by atoms with Gasteiger partial charge in [0.15, 0.2) is 17.3 Å². The maximum absolute atomic E-state index is 11.6. The average Bonchev–Trinajstić information content (AvgIpc) is 2.16. The fourth-order valence-electron chi connectivity index (χ4n) is 1.54. The van der Waals surface area contributed by atoms with Gasteiger partial charge in [-0.3, -0.25) is 19.2 Å². The van der Waals surface area contributed by atoms with Crippen molar-refractivity contribution >= 4 is 23.3 Å². The third-order valence-electron chi connectivity index (χ3n) is 2.36. The lowest BCUT2D eigenvalue weighted by Crippen LogP contribution is -2.54. The Hall–Kier alpha value is -1.52. The van der Waals surface area contributed by atoms with E-state index < -0.39 is 28.7 Å². The number of Topliss-reactive ketones (excluding diaryl/α,β-unsaturated/α-hetero) is 3. The molecular formula is C10H15NO4. The maximum Gasteiger partial charge on any atom is 0.248 e. The summed E-state index contributed by atoms with van der Waals surface area (Å²) in [6.45, 7) is 3.65. The van der Waals surface area contributed by atoms with Crippen molar-refractivity contribution in [3.05, 3.63) is 0 Å². The van der Waals surface area contributed by atoms with E-state index in [4.69, 9.17) is 0 Å². The van der Waals surface area contributed by atoms with E-state index in [2.05, 4.69) is 5.32 Å². The standard InChI is InChI=1S/C10H15NO4/c1-5-8(14)10(6(2)12,7(3)13)9(15)11-4/h5H2,1-4H3,(H,11,15). The highest BCUT2D eigenvalue weighted by atomic mass is 16.2. The molecule has 0 unspecified atom stereocenters. The van der Waals surface area contributed by atoms with Gasteiger partial charge >= 0.3 is 0 Å². The molecule has 0 saturated heterocycles. The summed E-state index contributed by atoms with van der Waals surface area (Å²) in [6.07, 6.45) is -0.0351. The predicted octanol–water partition coefficient (Wildman–Crippen LogP) is -0.124. The second kappa shape index (κ2) is 4.82. The number of hydrogen-bond donors (Lipinski definition) is 1. The number of hydrogen-bond acceptors (Lipinski definition) is 4. The van der Waals surface area contributed by atoms with Crippen molar-refractivity contribution in [2.24, 2.45) is 5.41 Å². The van der Waals surface area contributed by atoms with Crippen molar-refractivity contribution in [3.8, 4) is 0 Å². The molecule has 0 aliphatic rings. The molecule has 0 spiro atoms. The van der Waals surface area contributed by atoms with Crippen LogP contribution in [0, 0.1) is 5.41 Å². The van der Waals surface area contributed by atoms with Gasteiger partial charge in [-0.1, -0.05) is 6.92 Å². The molecule has 15 heavy (non-hydrogen) atoms. The van der Waals surface area contributed by atoms with E-state index in [0.29, 0.717) is 0 Å². The summed E-state index contributed by atoms with van der Waals surface area (Å²) < 4.78 is 0. The quantitative estimate of drug-likeness (QED) is 0.645. The Balaban J connectivity index is 5.70. The second-order valence-corrected chi connectivity index (χ2v) is 3.22. The predicted molar refractivity (Wildman–Crippen MR) is 53.2 cm³/mol. The lowest BCUT2D eigenvalue weighted by molar-refractivity contribution is -0.154. The van der Waals surface area contributed by atoms with Gasteiger partial charge in [-0.15, -0.1) is 0 Å². The van der Waals surface area contributed by atoms with Gasteiger partial charge in [0.2, 0.25) is 11.3 Å². The molecule has 0 aliphatic heterocycles. The molecule has 0 aromatic carbocycles. The third kappa shape index (κ3) is 1.95. The summed E-state index contributed by atoms with van der Waals surface area (Å²) in [5.74, 6) is -2.99. The van der Waals surface area contributed by atoms with Gasteiger partial charge in [0.1, 0.15) is 0 Å². The summed E-state index contributed by atoms with van der Waals surface area (Å²) in [5, 5.41) is 2.18. The molecular weight excluding hydrogens is 198 g/mol. The Kier molecular flexibility index (Phi) is 4.33. The fourth-order valence-corrected chi connectivity index (χ4v) is 1.54. The lowest BCUT2D eigenvalue weighted by atomic mass is 9.74. The van der Waals surface area contributed by atoms with Crippen molar-refractivity contribution in [2.75, 3.05) is 7.05 Å². The summed E-state index contributed by atoms with van der Waals surface area (Å²) in [7, 11) is 1.28. The van der Waals surface area contributed by atoms with E-state index in [1.807, 2.05) is 0 Å². The van der Waals surface area contributed by atoms with Crippen LogP contribution in [0.3, 0.4) is 0 Å². The van der Waals surface area contributed by atoms with Crippen LogP contribution in [-0.2, 0) is 19.2 Å². The van der Waals surface area contributed by atoms with Gasteiger partial charge < -0.3 is 5.32 Å². The number of ketones is 3. The monoisotopic (exact) mass is 213 g/mol. The van der Waals surface area contributed by atoms with Crippen molar-refractivity contribution in [1.29, 1.82) is 0 Å². The van der Waals surface area contributed by atoms with Crippen LogP contribution in [0.2, 0.25) is 0 Å². The Labute approximate surface area is 88.2 Å². The van der Waals surface area contributed by atoms with E-state index >= 15 is 0 Å². The normalized spacial score (nSPS) is 10.7. The van der Waals surface area contributed by atoms with Gasteiger partial charge in [-0.2, -0.15) is 0 Å². The topological polar surface area (TPSA) is 80.3 Å². The smallest absolute Gasteiger partial charge is 0.248 e. The van der Waals surface area contributed by atoms with Gasteiger partial charge in [-0.05, 0) is 13.8 Å². The molecule has 0 atom stereocenters. The zero-order valence-electron chi connectivity index (χ0n) is 9.34. The van der Waals surface area contributed by atoms with E-state index in [0.717, 1.165) is 13.8 Å². The lowest BCUT2D eigenvalue weighted by Gasteiger charge is -2.24. The van der Waals surface area contributed by atoms with Crippen LogP contribution in [0.25, 0.3) is 0 Å². The van der Waals surface area contributed by atoms with E-state index in [9.17, 15) is 19.2 Å². The highest BCUT2D eigenvalue weighted by Gasteiger charge is 2.53. The molecule has 0 bridgehead atoms. The molecule has 0 aromatic heterocycles. The van der Waals surface area contributed by atoms with Gasteiger partial charge in [0, 0.05) is 13.5 Å². The first-order valence-corrected chi connectivity index (χ1v) is 4.63. The van der Waals surface area contributed by atoms with Crippen LogP contribution in [-0.4, -0.2) is 30.3 Å². The number of carbonyl (C=O) groups excluding carboxylic acids is 4. The van der Waals surface area contributed by atoms with Gasteiger partial charge in [0.05, 0.1) is 0 Å². The Morgan fingerprint density at radius 3 is 1.67 bits per heavy atom. The third-order valence-corrected chi connectivity index (χ3v) is 2.36. The van der Waals surface area contributed by atoms with E-state index in [1.54, 1.807) is 0 Å². The summed E-state index contributed by atoms with van der Waals surface area (Å²) in [5.41, 5.74) is -2.15. The number of carbonyl (C=O) groups is 4. The molecule has 0 fully saturated rings. The Bertz CT molecular complexity index is 287. The second-order valence-electron chi connectivity index (χ2n) is 3.22. The maximum atomic E-state index is 11.6. The van der Waals surface area contributed by atoms with Gasteiger partial charge in [0.25, 0.3) is 0 Å². The van der Waals surface area contributed by atoms with Crippen LogP contribution in [0.5, 0.6) is 0 Å². The molecule has 5 nitrogen and oxygen atoms in total. The van der Waals surface area contributed by atoms with Crippen molar-refractivity contribution in [3.63, 3.8) is 0 Å². The molecule has 0 aromatic rings. The first-order valence-electron chi connectivity index (χ1n) is 4.63. The number of rotatable bonds is 5. The minimum atomic E-state index is -2.15. The first kappa shape index (κ1) is 13.5. The van der Waals surface area contributed by atoms with Gasteiger partial charge in [-0.25, -0.2) is 0 Å². The number of nitrogens with one attached hydrogen (secondary N) is 1. The highest BCUT2D eigenvalue weighted by Crippen LogP contribution is 2.23. The first-order chi connectivity index (χ1) is 6.85. The molecule has 1 amide bonds. The average molecular weight is 213 g/mol. The Morgan fingerprint density at radius 2 is 1.47 bits per heavy atom. The molecule has 1 N–H and O–H groups in total. The van der Waals surface area contributed by atoms with Crippen molar-refractivity contribution < 1.29 is 19.2 Å². The summed E-state index contributed by atoms with van der Waals surface area (Å²) >= 11 is 0. The SMILES string of the molecule is CCC(=O)C(C(C)=O)(C(C)=O)C(=O)NC. The van der Waals surface area contributed by atoms with Crippen LogP contribution in [0.1, 0.15) is 27.2 Å². The fraction of sp³-hybridized carbons (Fsp3) is 0.600. The molecule has 84 valence electrons. The van der Waals surface area contributed by atoms with E-state index in [1.165, 1.54) is 14.0 Å². The molecule has 0 radical (unpaired) electrons. The van der Waals surface area contributed by atoms with Crippen LogP contribution >= 0.6 is 0 Å². The summed E-state index contributed by atoms with van der Waals surface area (Å²) in [6, 6.07) is 0. The molecule has 0 heterocycles. The Morgan fingerprint density at radius 1 is 1.07 bits per heavy atom. The summed E-state index contributed by atoms with van der Waals surface area (Å²) in [4.78, 5) is 46.0. The minimum Gasteiger partial charge on any atom is -0.358 e. The van der Waals surface area contributed by atoms with Crippen molar-refractivity contribution in [1.82, 2.24) is 5.32 Å². The van der Waals surface area contributed by atoms with Crippen LogP contribution in [0.15, 0.2) is 0 Å². The van der Waals surface area contributed by atoms with Crippen LogP contribution < -0.4 is 5.32 Å². The number of amides is 1.